The average molecular weight is 347 g/mol. The Morgan fingerprint density at radius 3 is 2.41 bits per heavy atom. The molecule has 120 valence electrons. The number of aliphatic carboxylic acids is 1. The van der Waals surface area contributed by atoms with Gasteiger partial charge in [-0.3, -0.25) is 14.4 Å². The lowest BCUT2D eigenvalue weighted by atomic mass is 10.2. The summed E-state index contributed by atoms with van der Waals surface area (Å²) in [6, 6.07) is 3.21. The summed E-state index contributed by atoms with van der Waals surface area (Å²) < 4.78 is 0. The maximum absolute atomic E-state index is 12.1. The number of benzene rings is 1. The first-order chi connectivity index (χ1) is 10.2. The van der Waals surface area contributed by atoms with Crippen LogP contribution < -0.4 is 10.6 Å². The molecule has 6 nitrogen and oxygen atoms in total. The van der Waals surface area contributed by atoms with Gasteiger partial charge in [-0.05, 0) is 26.0 Å². The molecule has 2 atom stereocenters. The number of amides is 2. The Morgan fingerprint density at radius 2 is 1.82 bits per heavy atom. The second-order valence-corrected chi connectivity index (χ2v) is 5.59. The number of hydrogen-bond donors (Lipinski definition) is 3. The van der Waals surface area contributed by atoms with Crippen molar-refractivity contribution < 1.29 is 19.5 Å². The molecule has 1 rings (SSSR count). The highest BCUT2D eigenvalue weighted by Crippen LogP contribution is 2.25. The number of halogens is 2. The fourth-order valence-corrected chi connectivity index (χ4v) is 2.09. The standard InChI is InChI=1S/C14H16Cl2N2O4/c1-7(6-11(19)20)17-13(21)8(2)18-14(22)9-4-3-5-10(15)12(9)16/h3-5,7-8H,6H2,1-2H3,(H,17,21)(H,18,22)(H,19,20). The molecule has 0 aliphatic heterocycles. The van der Waals surface area contributed by atoms with Crippen LogP contribution >= 0.6 is 23.2 Å². The van der Waals surface area contributed by atoms with Gasteiger partial charge in [0.2, 0.25) is 5.91 Å². The minimum Gasteiger partial charge on any atom is -0.481 e. The van der Waals surface area contributed by atoms with Crippen molar-refractivity contribution in [3.8, 4) is 0 Å². The molecular formula is C14H16Cl2N2O4. The van der Waals surface area contributed by atoms with Gasteiger partial charge in [-0.2, -0.15) is 0 Å². The highest BCUT2D eigenvalue weighted by atomic mass is 35.5. The van der Waals surface area contributed by atoms with E-state index in [1.165, 1.54) is 13.0 Å². The van der Waals surface area contributed by atoms with Crippen LogP contribution in [0.1, 0.15) is 30.6 Å². The molecule has 0 saturated carbocycles. The van der Waals surface area contributed by atoms with Gasteiger partial charge in [0, 0.05) is 6.04 Å². The smallest absolute Gasteiger partial charge is 0.305 e. The molecule has 1 aromatic rings. The van der Waals surface area contributed by atoms with E-state index in [-0.39, 0.29) is 22.0 Å². The van der Waals surface area contributed by atoms with Gasteiger partial charge in [-0.25, -0.2) is 0 Å². The van der Waals surface area contributed by atoms with E-state index >= 15 is 0 Å². The summed E-state index contributed by atoms with van der Waals surface area (Å²) in [5, 5.41) is 14.0. The average Bonchev–Trinajstić information content (AvgIpc) is 2.40. The second-order valence-electron chi connectivity index (χ2n) is 4.80. The van der Waals surface area contributed by atoms with Gasteiger partial charge < -0.3 is 15.7 Å². The van der Waals surface area contributed by atoms with Crippen LogP contribution in [0.2, 0.25) is 10.0 Å². The topological polar surface area (TPSA) is 95.5 Å². The Bertz CT molecular complexity index is 592. The quantitative estimate of drug-likeness (QED) is 0.734. The van der Waals surface area contributed by atoms with E-state index in [0.717, 1.165) is 0 Å². The van der Waals surface area contributed by atoms with Crippen LogP contribution in [0.25, 0.3) is 0 Å². The summed E-state index contributed by atoms with van der Waals surface area (Å²) in [4.78, 5) is 34.5. The highest BCUT2D eigenvalue weighted by Gasteiger charge is 2.20. The van der Waals surface area contributed by atoms with Gasteiger partial charge in [0.05, 0.1) is 22.0 Å². The number of nitrogens with one attached hydrogen (secondary N) is 2. The molecule has 8 heteroatoms. The molecule has 0 saturated heterocycles. The first-order valence-electron chi connectivity index (χ1n) is 6.49. The van der Waals surface area contributed by atoms with Crippen molar-refractivity contribution in [3.63, 3.8) is 0 Å². The van der Waals surface area contributed by atoms with E-state index in [4.69, 9.17) is 28.3 Å². The lowest BCUT2D eigenvalue weighted by Gasteiger charge is -2.17. The van der Waals surface area contributed by atoms with Crippen LogP contribution in [-0.4, -0.2) is 35.0 Å². The van der Waals surface area contributed by atoms with Crippen molar-refractivity contribution in [2.45, 2.75) is 32.4 Å². The van der Waals surface area contributed by atoms with Crippen molar-refractivity contribution >= 4 is 41.0 Å². The van der Waals surface area contributed by atoms with Crippen molar-refractivity contribution in [3.05, 3.63) is 33.8 Å². The number of carboxylic acid groups (broad SMARTS) is 1. The SMILES string of the molecule is CC(CC(=O)O)NC(=O)C(C)NC(=O)c1cccc(Cl)c1Cl. The zero-order chi connectivity index (χ0) is 16.9. The summed E-state index contributed by atoms with van der Waals surface area (Å²) in [5.41, 5.74) is 0.160. The minimum absolute atomic E-state index is 0.105. The van der Waals surface area contributed by atoms with Crippen LogP contribution in [-0.2, 0) is 9.59 Å². The van der Waals surface area contributed by atoms with E-state index in [2.05, 4.69) is 10.6 Å². The fourth-order valence-electron chi connectivity index (χ4n) is 1.70. The number of carbonyl (C=O) groups is 3. The minimum atomic E-state index is -1.02. The number of hydrogen-bond acceptors (Lipinski definition) is 3. The summed E-state index contributed by atoms with van der Waals surface area (Å²) in [7, 11) is 0. The third kappa shape index (κ3) is 5.20. The Morgan fingerprint density at radius 1 is 1.18 bits per heavy atom. The molecule has 2 amide bonds. The molecule has 0 aliphatic rings. The largest absolute Gasteiger partial charge is 0.481 e. The second kappa shape index (κ2) is 8.00. The summed E-state index contributed by atoms with van der Waals surface area (Å²) in [6.45, 7) is 3.05. The van der Waals surface area contributed by atoms with Gasteiger partial charge in [-0.15, -0.1) is 0 Å². The van der Waals surface area contributed by atoms with Gasteiger partial charge in [0.15, 0.2) is 0 Å². The van der Waals surface area contributed by atoms with Crippen LogP contribution in [0.4, 0.5) is 0 Å². The van der Waals surface area contributed by atoms with Crippen LogP contribution in [0.15, 0.2) is 18.2 Å². The Kier molecular flexibility index (Phi) is 6.64. The maximum atomic E-state index is 12.1. The number of carbonyl (C=O) groups excluding carboxylic acids is 2. The van der Waals surface area contributed by atoms with Crippen molar-refractivity contribution in [2.24, 2.45) is 0 Å². The molecule has 22 heavy (non-hydrogen) atoms. The molecule has 0 fully saturated rings. The first-order valence-corrected chi connectivity index (χ1v) is 7.25. The Labute approximate surface area is 137 Å². The monoisotopic (exact) mass is 346 g/mol. The normalized spacial score (nSPS) is 13.1. The summed E-state index contributed by atoms with van der Waals surface area (Å²) >= 11 is 11.8. The van der Waals surface area contributed by atoms with E-state index in [0.29, 0.717) is 0 Å². The zero-order valence-electron chi connectivity index (χ0n) is 12.0. The predicted molar refractivity (Wildman–Crippen MR) is 83.2 cm³/mol. The first kappa shape index (κ1) is 18.3. The van der Waals surface area contributed by atoms with Crippen LogP contribution in [0.3, 0.4) is 0 Å². The molecule has 0 aliphatic carbocycles. The molecule has 0 spiro atoms. The summed E-state index contributed by atoms with van der Waals surface area (Å²) in [5.74, 6) is -2.04. The van der Waals surface area contributed by atoms with E-state index in [1.807, 2.05) is 0 Å². The van der Waals surface area contributed by atoms with Gasteiger partial charge >= 0.3 is 5.97 Å². The van der Waals surface area contributed by atoms with Crippen molar-refractivity contribution in [2.75, 3.05) is 0 Å². The molecular weight excluding hydrogens is 331 g/mol. The third-order valence-corrected chi connectivity index (χ3v) is 3.63. The van der Waals surface area contributed by atoms with Gasteiger partial charge in [0.1, 0.15) is 6.04 Å². The van der Waals surface area contributed by atoms with E-state index in [9.17, 15) is 14.4 Å². The molecule has 1 aromatic carbocycles. The Hall–Kier alpha value is -1.79. The molecule has 0 aromatic heterocycles. The molecule has 0 bridgehead atoms. The highest BCUT2D eigenvalue weighted by molar-refractivity contribution is 6.43. The van der Waals surface area contributed by atoms with Gasteiger partial charge in [0.25, 0.3) is 5.91 Å². The lowest BCUT2D eigenvalue weighted by molar-refractivity contribution is -0.137. The van der Waals surface area contributed by atoms with Crippen LogP contribution in [0.5, 0.6) is 0 Å². The molecule has 0 radical (unpaired) electrons. The molecule has 0 heterocycles. The maximum Gasteiger partial charge on any atom is 0.305 e. The molecule has 2 unspecified atom stereocenters. The zero-order valence-corrected chi connectivity index (χ0v) is 13.5. The predicted octanol–water partition coefficient (Wildman–Crippen LogP) is 2.09. The fraction of sp³-hybridized carbons (Fsp3) is 0.357. The van der Waals surface area contributed by atoms with Crippen molar-refractivity contribution in [1.82, 2.24) is 10.6 Å². The van der Waals surface area contributed by atoms with Gasteiger partial charge in [-0.1, -0.05) is 29.3 Å². The van der Waals surface area contributed by atoms with E-state index in [1.54, 1.807) is 19.1 Å². The summed E-state index contributed by atoms with van der Waals surface area (Å²) in [6.07, 6.45) is -0.202. The van der Waals surface area contributed by atoms with Crippen LogP contribution in [0, 0.1) is 0 Å². The Balaban J connectivity index is 2.65. The third-order valence-electron chi connectivity index (χ3n) is 2.81. The van der Waals surface area contributed by atoms with E-state index < -0.39 is 29.9 Å². The number of rotatable bonds is 6. The van der Waals surface area contributed by atoms with Crippen molar-refractivity contribution in [1.29, 1.82) is 0 Å². The number of carboxylic acids is 1. The molecule has 3 N–H and O–H groups in total. The lowest BCUT2D eigenvalue weighted by Crippen LogP contribution is -2.47.